The number of rotatable bonds is 10. The molecule has 1 atom stereocenters. The van der Waals surface area contributed by atoms with Gasteiger partial charge in [0.1, 0.15) is 24.2 Å². The number of halogens is 2. The molecule has 0 saturated heterocycles. The fraction of sp³-hybridized carbons (Fsp3) is 0.310. The molecule has 4 rings (SSSR count). The lowest BCUT2D eigenvalue weighted by molar-refractivity contribution is -0.139. The molecule has 1 aliphatic carbocycles. The van der Waals surface area contributed by atoms with Crippen LogP contribution in [0.1, 0.15) is 38.2 Å². The highest BCUT2D eigenvalue weighted by Crippen LogP contribution is 2.27. The minimum atomic E-state index is -4.38. The standard InChI is InChI=1S/C29H31F2N3O4S/c1-21(29(36)32-23-12-6-7-13-23)33(19-22-11-5-8-16-25(22)30)28(35)20-34(27-18-10-9-17-26(27)31)39(37,38)24-14-3-2-4-15-24/h2-5,8-11,14-18,21,23H,6-7,12-13,19-20H2,1H3,(H,32,36)/t21-/m1/s1. The van der Waals surface area contributed by atoms with Crippen molar-refractivity contribution in [1.82, 2.24) is 10.2 Å². The van der Waals surface area contributed by atoms with E-state index in [0.29, 0.717) is 4.31 Å². The second-order valence-corrected chi connectivity index (χ2v) is 11.4. The summed E-state index contributed by atoms with van der Waals surface area (Å²) < 4.78 is 57.5. The van der Waals surface area contributed by atoms with Gasteiger partial charge >= 0.3 is 0 Å². The third-order valence-electron chi connectivity index (χ3n) is 6.90. The lowest BCUT2D eigenvalue weighted by Gasteiger charge is -2.32. The second-order valence-electron chi connectivity index (χ2n) is 9.56. The fourth-order valence-corrected chi connectivity index (χ4v) is 6.11. The Kier molecular flexibility index (Phi) is 8.96. The summed E-state index contributed by atoms with van der Waals surface area (Å²) in [6, 6.07) is 17.4. The van der Waals surface area contributed by atoms with Gasteiger partial charge in [-0.05, 0) is 50.1 Å². The maximum Gasteiger partial charge on any atom is 0.264 e. The number of carbonyl (C=O) groups is 2. The maximum absolute atomic E-state index is 14.9. The van der Waals surface area contributed by atoms with E-state index in [-0.39, 0.29) is 28.7 Å². The number of hydrogen-bond acceptors (Lipinski definition) is 4. The van der Waals surface area contributed by atoms with Crippen LogP contribution in [0.4, 0.5) is 14.5 Å². The molecule has 0 radical (unpaired) electrons. The highest BCUT2D eigenvalue weighted by Gasteiger charge is 2.34. The third-order valence-corrected chi connectivity index (χ3v) is 8.67. The molecular formula is C29H31F2N3O4S. The van der Waals surface area contributed by atoms with Gasteiger partial charge in [-0.25, -0.2) is 17.2 Å². The van der Waals surface area contributed by atoms with Gasteiger partial charge < -0.3 is 10.2 Å². The first-order valence-corrected chi connectivity index (χ1v) is 14.3. The first-order chi connectivity index (χ1) is 18.7. The molecule has 3 aromatic rings. The average molecular weight is 556 g/mol. The molecule has 0 aromatic heterocycles. The number of nitrogens with zero attached hydrogens (tertiary/aromatic N) is 2. The van der Waals surface area contributed by atoms with Crippen LogP contribution >= 0.6 is 0 Å². The molecule has 0 unspecified atom stereocenters. The number of hydrogen-bond donors (Lipinski definition) is 1. The topological polar surface area (TPSA) is 86.8 Å². The summed E-state index contributed by atoms with van der Waals surface area (Å²) in [5.74, 6) is -2.61. The van der Waals surface area contributed by atoms with Crippen molar-refractivity contribution in [2.45, 2.75) is 56.1 Å². The van der Waals surface area contributed by atoms with Crippen molar-refractivity contribution in [3.05, 3.63) is 96.1 Å². The molecule has 1 N–H and O–H groups in total. The van der Waals surface area contributed by atoms with Crippen molar-refractivity contribution < 1.29 is 26.8 Å². The zero-order valence-electron chi connectivity index (χ0n) is 21.6. The van der Waals surface area contributed by atoms with E-state index >= 15 is 0 Å². The van der Waals surface area contributed by atoms with Crippen molar-refractivity contribution in [2.24, 2.45) is 0 Å². The lowest BCUT2D eigenvalue weighted by Crippen LogP contribution is -2.52. The van der Waals surface area contributed by atoms with Crippen LogP contribution in [0.3, 0.4) is 0 Å². The van der Waals surface area contributed by atoms with Gasteiger partial charge in [0.25, 0.3) is 10.0 Å². The van der Waals surface area contributed by atoms with Crippen LogP contribution in [-0.4, -0.2) is 43.8 Å². The summed E-state index contributed by atoms with van der Waals surface area (Å²) in [6.45, 7) is 0.442. The predicted molar refractivity (Wildman–Crippen MR) is 144 cm³/mol. The van der Waals surface area contributed by atoms with Crippen molar-refractivity contribution in [1.29, 1.82) is 0 Å². The fourth-order valence-electron chi connectivity index (χ4n) is 4.67. The molecule has 206 valence electrons. The van der Waals surface area contributed by atoms with Crippen LogP contribution in [0.2, 0.25) is 0 Å². The van der Waals surface area contributed by atoms with Gasteiger partial charge in [-0.1, -0.05) is 61.4 Å². The van der Waals surface area contributed by atoms with E-state index in [9.17, 15) is 26.8 Å². The number of amides is 2. The quantitative estimate of drug-likeness (QED) is 0.395. The molecule has 0 spiro atoms. The molecule has 1 fully saturated rings. The van der Waals surface area contributed by atoms with Gasteiger partial charge in [-0.15, -0.1) is 0 Å². The predicted octanol–water partition coefficient (Wildman–Crippen LogP) is 4.64. The summed E-state index contributed by atoms with van der Waals surface area (Å²) in [4.78, 5) is 28.0. The lowest BCUT2D eigenvalue weighted by atomic mass is 10.1. The van der Waals surface area contributed by atoms with Gasteiger partial charge in [0.15, 0.2) is 0 Å². The van der Waals surface area contributed by atoms with Crippen LogP contribution in [-0.2, 0) is 26.2 Å². The van der Waals surface area contributed by atoms with Gasteiger partial charge in [-0.2, -0.15) is 0 Å². The molecule has 0 heterocycles. The largest absolute Gasteiger partial charge is 0.352 e. The minimum absolute atomic E-state index is 0.0151. The summed E-state index contributed by atoms with van der Waals surface area (Å²) in [5.41, 5.74) is -0.154. The Bertz CT molecular complexity index is 1410. The molecule has 3 aromatic carbocycles. The number of benzene rings is 3. The number of para-hydroxylation sites is 1. The number of carbonyl (C=O) groups excluding carboxylic acids is 2. The van der Waals surface area contributed by atoms with E-state index in [1.165, 1.54) is 67.6 Å². The monoisotopic (exact) mass is 555 g/mol. The minimum Gasteiger partial charge on any atom is -0.352 e. The molecule has 1 saturated carbocycles. The van der Waals surface area contributed by atoms with Crippen molar-refractivity contribution in [2.75, 3.05) is 10.8 Å². The highest BCUT2D eigenvalue weighted by molar-refractivity contribution is 7.92. The Hall–Kier alpha value is -3.79. The van der Waals surface area contributed by atoms with Crippen molar-refractivity contribution in [3.8, 4) is 0 Å². The summed E-state index contributed by atoms with van der Waals surface area (Å²) in [7, 11) is -4.38. The van der Waals surface area contributed by atoms with Crippen LogP contribution in [0.5, 0.6) is 0 Å². The molecule has 7 nitrogen and oxygen atoms in total. The van der Waals surface area contributed by atoms with Crippen LogP contribution in [0.15, 0.2) is 83.8 Å². The zero-order valence-corrected chi connectivity index (χ0v) is 22.4. The highest BCUT2D eigenvalue weighted by atomic mass is 32.2. The van der Waals surface area contributed by atoms with Crippen LogP contribution < -0.4 is 9.62 Å². The Morgan fingerprint density at radius 1 is 0.897 bits per heavy atom. The summed E-state index contributed by atoms with van der Waals surface area (Å²) in [6.07, 6.45) is 3.64. The Morgan fingerprint density at radius 2 is 1.49 bits per heavy atom. The van der Waals surface area contributed by atoms with E-state index in [4.69, 9.17) is 0 Å². The van der Waals surface area contributed by atoms with Gasteiger partial charge in [0.2, 0.25) is 11.8 Å². The molecule has 10 heteroatoms. The molecule has 2 amide bonds. The SMILES string of the molecule is C[C@H](C(=O)NC1CCCC1)N(Cc1ccccc1F)C(=O)CN(c1ccccc1F)S(=O)(=O)c1ccccc1. The average Bonchev–Trinajstić information content (AvgIpc) is 3.45. The summed E-state index contributed by atoms with van der Waals surface area (Å²) in [5, 5.41) is 2.95. The zero-order chi connectivity index (χ0) is 28.0. The second kappa shape index (κ2) is 12.4. The number of sulfonamides is 1. The molecular weight excluding hydrogens is 524 g/mol. The van der Waals surface area contributed by atoms with E-state index in [1.54, 1.807) is 12.1 Å². The Balaban J connectivity index is 1.69. The van der Waals surface area contributed by atoms with E-state index in [2.05, 4.69) is 5.32 Å². The Morgan fingerprint density at radius 3 is 2.13 bits per heavy atom. The normalized spacial score (nSPS) is 14.5. The van der Waals surface area contributed by atoms with Gasteiger partial charge in [0.05, 0.1) is 10.6 Å². The summed E-state index contributed by atoms with van der Waals surface area (Å²) >= 11 is 0. The van der Waals surface area contributed by atoms with Crippen molar-refractivity contribution >= 4 is 27.5 Å². The number of anilines is 1. The molecule has 0 bridgehead atoms. The third kappa shape index (κ3) is 6.62. The number of nitrogens with one attached hydrogen (secondary N) is 1. The first kappa shape index (κ1) is 28.2. The molecule has 0 aliphatic heterocycles. The Labute approximate surface area is 227 Å². The van der Waals surface area contributed by atoms with Crippen LogP contribution in [0, 0.1) is 11.6 Å². The van der Waals surface area contributed by atoms with E-state index in [1.807, 2.05) is 0 Å². The molecule has 39 heavy (non-hydrogen) atoms. The van der Waals surface area contributed by atoms with Crippen molar-refractivity contribution in [3.63, 3.8) is 0 Å². The van der Waals surface area contributed by atoms with Gasteiger partial charge in [-0.3, -0.25) is 13.9 Å². The van der Waals surface area contributed by atoms with Crippen LogP contribution in [0.25, 0.3) is 0 Å². The maximum atomic E-state index is 14.9. The van der Waals surface area contributed by atoms with E-state index in [0.717, 1.165) is 36.6 Å². The first-order valence-electron chi connectivity index (χ1n) is 12.8. The molecule has 1 aliphatic rings. The van der Waals surface area contributed by atoms with E-state index < -0.39 is 46.1 Å². The smallest absolute Gasteiger partial charge is 0.264 e. The van der Waals surface area contributed by atoms with Gasteiger partial charge in [0, 0.05) is 18.2 Å².